The molecule has 0 aromatic heterocycles. The van der Waals surface area contributed by atoms with E-state index >= 15 is 0 Å². The van der Waals surface area contributed by atoms with Crippen LogP contribution >= 0.6 is 0 Å². The topological polar surface area (TPSA) is 75.5 Å². The number of nitro benzene ring substituents is 1. The van der Waals surface area contributed by atoms with Crippen LogP contribution in [0.4, 0.5) is 24.5 Å². The number of benzene rings is 1. The highest BCUT2D eigenvalue weighted by Crippen LogP contribution is 2.38. The summed E-state index contributed by atoms with van der Waals surface area (Å²) in [5, 5.41) is 13.6. The van der Waals surface area contributed by atoms with E-state index < -0.39 is 22.4 Å². The first-order valence-electron chi connectivity index (χ1n) is 8.66. The Morgan fingerprint density at radius 1 is 1.23 bits per heavy atom. The molecule has 1 unspecified atom stereocenters. The monoisotopic (exact) mass is 371 g/mol. The molecule has 1 N–H and O–H groups in total. The Bertz CT molecular complexity index is 702. The fourth-order valence-electron chi connectivity index (χ4n) is 3.74. The second-order valence-corrected chi connectivity index (χ2v) is 6.88. The maximum Gasteiger partial charge on any atom is 0.418 e. The van der Waals surface area contributed by atoms with E-state index in [9.17, 15) is 28.1 Å². The molecule has 142 valence electrons. The number of hydrogen-bond donors (Lipinski definition) is 1. The molecule has 0 bridgehead atoms. The molecule has 3 rings (SSSR count). The number of hydrogen-bond acceptors (Lipinski definition) is 4. The molecule has 1 aromatic carbocycles. The van der Waals surface area contributed by atoms with Crippen LogP contribution < -0.4 is 5.32 Å². The third kappa shape index (κ3) is 3.91. The van der Waals surface area contributed by atoms with Crippen molar-refractivity contribution in [2.75, 3.05) is 18.4 Å². The summed E-state index contributed by atoms with van der Waals surface area (Å²) in [5.74, 6) is 0.130. The number of carbonyl (C=O) groups excluding carboxylic acids is 1. The van der Waals surface area contributed by atoms with Gasteiger partial charge in [0.05, 0.1) is 10.5 Å². The fraction of sp³-hybridized carbons (Fsp3) is 0.588. The number of likely N-dealkylation sites (tertiary alicyclic amines) is 1. The van der Waals surface area contributed by atoms with Crippen LogP contribution in [-0.4, -0.2) is 34.9 Å². The van der Waals surface area contributed by atoms with Gasteiger partial charge in [-0.15, -0.1) is 0 Å². The molecular weight excluding hydrogens is 351 g/mol. The van der Waals surface area contributed by atoms with Crippen LogP contribution in [0.3, 0.4) is 0 Å². The molecule has 1 aliphatic heterocycles. The third-order valence-corrected chi connectivity index (χ3v) is 5.08. The molecule has 26 heavy (non-hydrogen) atoms. The van der Waals surface area contributed by atoms with Crippen molar-refractivity contribution in [1.29, 1.82) is 0 Å². The molecule has 1 saturated heterocycles. The fourth-order valence-corrected chi connectivity index (χ4v) is 3.74. The van der Waals surface area contributed by atoms with Gasteiger partial charge in [-0.25, -0.2) is 0 Å². The lowest BCUT2D eigenvalue weighted by atomic mass is 10.1. The first kappa shape index (κ1) is 18.5. The minimum absolute atomic E-state index is 0.0406. The summed E-state index contributed by atoms with van der Waals surface area (Å²) in [6.07, 6.45) is -0.297. The highest BCUT2D eigenvalue weighted by Gasteiger charge is 2.37. The Hall–Kier alpha value is -2.32. The van der Waals surface area contributed by atoms with Crippen LogP contribution in [0.2, 0.25) is 0 Å². The highest BCUT2D eigenvalue weighted by atomic mass is 19.4. The number of halogens is 3. The van der Waals surface area contributed by atoms with Gasteiger partial charge in [0.25, 0.3) is 5.69 Å². The molecule has 1 saturated carbocycles. The number of carbonyl (C=O) groups is 1. The van der Waals surface area contributed by atoms with Crippen molar-refractivity contribution in [2.24, 2.45) is 5.92 Å². The Kier molecular flexibility index (Phi) is 5.06. The molecule has 1 amide bonds. The predicted molar refractivity (Wildman–Crippen MR) is 88.7 cm³/mol. The molecule has 2 aliphatic rings. The first-order valence-corrected chi connectivity index (χ1v) is 8.66. The number of non-ortho nitro benzene ring substituents is 1. The van der Waals surface area contributed by atoms with Crippen molar-refractivity contribution in [1.82, 2.24) is 4.90 Å². The first-order chi connectivity index (χ1) is 12.3. The number of nitrogens with one attached hydrogen (secondary N) is 1. The molecule has 9 heteroatoms. The Morgan fingerprint density at radius 3 is 2.54 bits per heavy atom. The molecule has 0 spiro atoms. The van der Waals surface area contributed by atoms with Crippen LogP contribution in [0.25, 0.3) is 0 Å². The predicted octanol–water partition coefficient (Wildman–Crippen LogP) is 3.82. The molecular formula is C17H20F3N3O3. The van der Waals surface area contributed by atoms with E-state index in [1.54, 1.807) is 4.90 Å². The zero-order valence-electron chi connectivity index (χ0n) is 14.1. The van der Waals surface area contributed by atoms with Crippen molar-refractivity contribution in [2.45, 2.75) is 44.3 Å². The smallest absolute Gasteiger partial charge is 0.380 e. The Balaban J connectivity index is 1.71. The van der Waals surface area contributed by atoms with E-state index in [-0.39, 0.29) is 23.6 Å². The average Bonchev–Trinajstić information content (AvgIpc) is 3.25. The van der Waals surface area contributed by atoms with Gasteiger partial charge < -0.3 is 10.2 Å². The number of anilines is 1. The van der Waals surface area contributed by atoms with Crippen LogP contribution in [0, 0.1) is 16.0 Å². The van der Waals surface area contributed by atoms with E-state index in [4.69, 9.17) is 0 Å². The van der Waals surface area contributed by atoms with Gasteiger partial charge in [-0.2, -0.15) is 13.2 Å². The molecule has 2 fully saturated rings. The quantitative estimate of drug-likeness (QED) is 0.645. The van der Waals surface area contributed by atoms with E-state index in [1.807, 2.05) is 0 Å². The molecule has 1 aliphatic carbocycles. The van der Waals surface area contributed by atoms with Gasteiger partial charge in [-0.1, -0.05) is 12.8 Å². The summed E-state index contributed by atoms with van der Waals surface area (Å²) >= 11 is 0. The van der Waals surface area contributed by atoms with Crippen LogP contribution in [0.15, 0.2) is 18.2 Å². The normalized spacial score (nSPS) is 21.2. The standard InChI is InChI=1S/C17H20F3N3O3/c18-17(19,20)14-9-13(23(25)26)5-6-15(14)21-12-7-8-22(10-12)16(24)11-3-1-2-4-11/h5-6,9,11-12,21H,1-4,7-8,10H2. The molecule has 1 heterocycles. The van der Waals surface area contributed by atoms with E-state index in [2.05, 4.69) is 5.32 Å². The number of nitrogens with zero attached hydrogens (tertiary/aromatic N) is 2. The lowest BCUT2D eigenvalue weighted by Gasteiger charge is -2.22. The average molecular weight is 371 g/mol. The SMILES string of the molecule is O=C(C1CCCC1)N1CCC(Nc2ccc([N+](=O)[O-])cc2C(F)(F)F)C1. The van der Waals surface area contributed by atoms with E-state index in [0.29, 0.717) is 25.6 Å². The maximum absolute atomic E-state index is 13.2. The summed E-state index contributed by atoms with van der Waals surface area (Å²) < 4.78 is 39.7. The van der Waals surface area contributed by atoms with Gasteiger partial charge in [0.2, 0.25) is 5.91 Å². The number of alkyl halides is 3. The number of rotatable bonds is 4. The summed E-state index contributed by atoms with van der Waals surface area (Å²) in [5.41, 5.74) is -1.86. The summed E-state index contributed by atoms with van der Waals surface area (Å²) in [6, 6.07) is 2.37. The molecule has 1 atom stereocenters. The largest absolute Gasteiger partial charge is 0.418 e. The van der Waals surface area contributed by atoms with Gasteiger partial charge in [0.15, 0.2) is 0 Å². The van der Waals surface area contributed by atoms with Gasteiger partial charge in [0.1, 0.15) is 0 Å². The van der Waals surface area contributed by atoms with Gasteiger partial charge >= 0.3 is 6.18 Å². The van der Waals surface area contributed by atoms with Crippen LogP contribution in [0.5, 0.6) is 0 Å². The van der Waals surface area contributed by atoms with Crippen LogP contribution in [-0.2, 0) is 11.0 Å². The molecule has 0 radical (unpaired) electrons. The lowest BCUT2D eigenvalue weighted by molar-refractivity contribution is -0.385. The van der Waals surface area contributed by atoms with Crippen molar-refractivity contribution in [3.05, 3.63) is 33.9 Å². The van der Waals surface area contributed by atoms with Gasteiger partial charge in [0, 0.05) is 42.9 Å². The highest BCUT2D eigenvalue weighted by molar-refractivity contribution is 5.79. The van der Waals surface area contributed by atoms with E-state index in [1.165, 1.54) is 0 Å². The van der Waals surface area contributed by atoms with Crippen molar-refractivity contribution >= 4 is 17.3 Å². The van der Waals surface area contributed by atoms with Gasteiger partial charge in [-0.3, -0.25) is 14.9 Å². The third-order valence-electron chi connectivity index (χ3n) is 5.08. The zero-order chi connectivity index (χ0) is 18.9. The second kappa shape index (κ2) is 7.13. The van der Waals surface area contributed by atoms with Crippen molar-refractivity contribution in [3.8, 4) is 0 Å². The molecule has 1 aromatic rings. The molecule has 6 nitrogen and oxygen atoms in total. The minimum Gasteiger partial charge on any atom is -0.380 e. The summed E-state index contributed by atoms with van der Waals surface area (Å²) in [6.45, 7) is 0.866. The summed E-state index contributed by atoms with van der Waals surface area (Å²) in [4.78, 5) is 24.1. The zero-order valence-corrected chi connectivity index (χ0v) is 14.1. The van der Waals surface area contributed by atoms with Crippen molar-refractivity contribution < 1.29 is 22.9 Å². The van der Waals surface area contributed by atoms with Gasteiger partial charge in [-0.05, 0) is 25.3 Å². The maximum atomic E-state index is 13.2. The number of amides is 1. The van der Waals surface area contributed by atoms with E-state index in [0.717, 1.165) is 37.8 Å². The summed E-state index contributed by atoms with van der Waals surface area (Å²) in [7, 11) is 0. The lowest BCUT2D eigenvalue weighted by Crippen LogP contribution is -2.35. The minimum atomic E-state index is -4.70. The van der Waals surface area contributed by atoms with Crippen molar-refractivity contribution in [3.63, 3.8) is 0 Å². The number of nitro groups is 1. The van der Waals surface area contributed by atoms with Crippen LogP contribution in [0.1, 0.15) is 37.7 Å². The Labute approximate surface area is 148 Å². The second-order valence-electron chi connectivity index (χ2n) is 6.88. The Morgan fingerprint density at radius 2 is 1.92 bits per heavy atom.